The van der Waals surface area contributed by atoms with Gasteiger partial charge in [-0.25, -0.2) is 17.1 Å². The van der Waals surface area contributed by atoms with E-state index in [0.717, 1.165) is 10.4 Å². The van der Waals surface area contributed by atoms with Crippen LogP contribution in [-0.2, 0) is 10.0 Å². The summed E-state index contributed by atoms with van der Waals surface area (Å²) in [6.07, 6.45) is 0. The van der Waals surface area contributed by atoms with Crippen LogP contribution in [0.5, 0.6) is 5.75 Å². The molecule has 33 heavy (non-hydrogen) atoms. The molecule has 0 fully saturated rings. The number of nitrogens with one attached hydrogen (secondary N) is 2. The minimum atomic E-state index is -3.95. The summed E-state index contributed by atoms with van der Waals surface area (Å²) < 4.78 is 47.2. The minimum Gasteiger partial charge on any atom is -0.541 e. The Hall–Kier alpha value is -1.43. The van der Waals surface area contributed by atoms with Crippen molar-refractivity contribution in [3.8, 4) is 5.75 Å². The van der Waals surface area contributed by atoms with Crippen molar-refractivity contribution in [2.45, 2.75) is 43.8 Å². The Morgan fingerprint density at radius 3 is 2.12 bits per heavy atom. The van der Waals surface area contributed by atoms with E-state index in [2.05, 4.69) is 10.6 Å². The summed E-state index contributed by atoms with van der Waals surface area (Å²) in [7, 11) is -3.60. The molecule has 0 aromatic heterocycles. The van der Waals surface area contributed by atoms with E-state index in [1.165, 1.54) is 32.3 Å². The lowest BCUT2D eigenvalue weighted by atomic mass is 10.2. The molecular weight excluding hydrogens is 524 g/mol. The molecular formula is C21H28Cl2FN3O3S2Si. The van der Waals surface area contributed by atoms with E-state index >= 15 is 0 Å². The zero-order valence-corrected chi connectivity index (χ0v) is 23.7. The number of benzene rings is 2. The van der Waals surface area contributed by atoms with Gasteiger partial charge >= 0.3 is 0 Å². The second kappa shape index (κ2) is 10.0. The van der Waals surface area contributed by atoms with Crippen LogP contribution in [0.3, 0.4) is 0 Å². The third kappa shape index (κ3) is 6.37. The Bertz CT molecular complexity index is 1170. The molecule has 0 heterocycles. The molecule has 0 amide bonds. The summed E-state index contributed by atoms with van der Waals surface area (Å²) in [5.74, 6) is -0.386. The maximum absolute atomic E-state index is 13.4. The monoisotopic (exact) mass is 551 g/mol. The van der Waals surface area contributed by atoms with E-state index < -0.39 is 24.2 Å². The van der Waals surface area contributed by atoms with Crippen LogP contribution in [0, 0.1) is 5.82 Å². The smallest absolute Gasteiger partial charge is 0.250 e. The number of hydrogen-bond acceptors (Lipinski definition) is 4. The summed E-state index contributed by atoms with van der Waals surface area (Å²) in [6.45, 7) is 10.1. The molecule has 182 valence electrons. The van der Waals surface area contributed by atoms with E-state index in [1.54, 1.807) is 6.07 Å². The van der Waals surface area contributed by atoms with Gasteiger partial charge in [0, 0.05) is 14.1 Å². The maximum atomic E-state index is 13.4. The van der Waals surface area contributed by atoms with Gasteiger partial charge in [-0.2, -0.15) is 0 Å². The van der Waals surface area contributed by atoms with Gasteiger partial charge in [0.25, 0.3) is 8.32 Å². The van der Waals surface area contributed by atoms with Crippen LogP contribution >= 0.6 is 35.4 Å². The minimum absolute atomic E-state index is 0.0309. The van der Waals surface area contributed by atoms with Gasteiger partial charge in [-0.15, -0.1) is 0 Å². The van der Waals surface area contributed by atoms with Crippen molar-refractivity contribution in [1.29, 1.82) is 0 Å². The highest BCUT2D eigenvalue weighted by atomic mass is 35.5. The fraction of sp³-hybridized carbons (Fsp3) is 0.381. The van der Waals surface area contributed by atoms with E-state index in [9.17, 15) is 12.8 Å². The molecule has 0 aliphatic rings. The summed E-state index contributed by atoms with van der Waals surface area (Å²) in [5, 5.41) is 5.93. The average Bonchev–Trinajstić information content (AvgIpc) is 2.64. The lowest BCUT2D eigenvalue weighted by Crippen LogP contribution is -2.44. The average molecular weight is 553 g/mol. The number of sulfonamides is 1. The van der Waals surface area contributed by atoms with E-state index in [1.807, 2.05) is 33.9 Å². The van der Waals surface area contributed by atoms with Crippen LogP contribution in [0.15, 0.2) is 35.2 Å². The Morgan fingerprint density at radius 2 is 1.61 bits per heavy atom. The quantitative estimate of drug-likeness (QED) is 0.312. The number of anilines is 2. The number of hydrogen-bond donors (Lipinski definition) is 2. The molecule has 0 unspecified atom stereocenters. The predicted molar refractivity (Wildman–Crippen MR) is 141 cm³/mol. The molecule has 0 bridgehead atoms. The second-order valence-corrected chi connectivity index (χ2v) is 17.1. The van der Waals surface area contributed by atoms with Gasteiger partial charge in [0.1, 0.15) is 16.5 Å². The molecule has 2 rings (SSSR count). The van der Waals surface area contributed by atoms with Crippen molar-refractivity contribution < 1.29 is 17.2 Å². The summed E-state index contributed by atoms with van der Waals surface area (Å²) >= 11 is 17.8. The fourth-order valence-electron chi connectivity index (χ4n) is 2.44. The number of rotatable bonds is 6. The van der Waals surface area contributed by atoms with Gasteiger partial charge in [0.15, 0.2) is 5.11 Å². The maximum Gasteiger partial charge on any atom is 0.250 e. The fourth-order valence-corrected chi connectivity index (χ4v) is 5.48. The first-order chi connectivity index (χ1) is 15.0. The highest BCUT2D eigenvalue weighted by molar-refractivity contribution is 7.89. The van der Waals surface area contributed by atoms with Crippen molar-refractivity contribution in [3.63, 3.8) is 0 Å². The largest absolute Gasteiger partial charge is 0.541 e. The standard InChI is InChI=1S/C21H28Cl2FN3O3S2Si/c1-21(2,3)33(6,7)30-18-17(11-9-14(22)19(18)32(28,29)27(4)5)26-20(31)25-16-10-8-13(24)12-15(16)23/h8-12H,1-7H3,(H2,25,26,31). The van der Waals surface area contributed by atoms with Gasteiger partial charge < -0.3 is 15.1 Å². The molecule has 0 saturated heterocycles. The molecule has 2 N–H and O–H groups in total. The number of halogens is 3. The summed E-state index contributed by atoms with van der Waals surface area (Å²) in [4.78, 5) is -0.147. The molecule has 6 nitrogen and oxygen atoms in total. The van der Waals surface area contributed by atoms with Crippen LogP contribution in [0.4, 0.5) is 15.8 Å². The first-order valence-corrected chi connectivity index (χ1v) is 15.5. The van der Waals surface area contributed by atoms with E-state index in [-0.39, 0.29) is 30.8 Å². The summed E-state index contributed by atoms with van der Waals surface area (Å²) in [6, 6.07) is 6.91. The molecule has 2 aromatic rings. The molecule has 0 atom stereocenters. The molecule has 0 aliphatic carbocycles. The van der Waals surface area contributed by atoms with Crippen LogP contribution in [0.2, 0.25) is 28.2 Å². The predicted octanol–water partition coefficient (Wildman–Crippen LogP) is 6.58. The normalized spacial score (nSPS) is 12.6. The Kier molecular flexibility index (Phi) is 8.47. The number of nitrogens with zero attached hydrogens (tertiary/aromatic N) is 1. The van der Waals surface area contributed by atoms with Crippen molar-refractivity contribution in [2.24, 2.45) is 0 Å². The van der Waals surface area contributed by atoms with Crippen molar-refractivity contribution in [1.82, 2.24) is 4.31 Å². The van der Waals surface area contributed by atoms with Crippen LogP contribution in [-0.4, -0.2) is 40.2 Å². The Morgan fingerprint density at radius 1 is 1.06 bits per heavy atom. The van der Waals surface area contributed by atoms with Crippen LogP contribution in [0.25, 0.3) is 0 Å². The number of thiocarbonyl (C=S) groups is 1. The first kappa shape index (κ1) is 27.8. The van der Waals surface area contributed by atoms with Gasteiger partial charge in [-0.05, 0) is 60.7 Å². The topological polar surface area (TPSA) is 70.7 Å². The molecule has 0 spiro atoms. The van der Waals surface area contributed by atoms with Crippen molar-refractivity contribution >= 4 is 70.2 Å². The van der Waals surface area contributed by atoms with Crippen molar-refractivity contribution in [3.05, 3.63) is 46.2 Å². The zero-order chi connectivity index (χ0) is 25.4. The lowest BCUT2D eigenvalue weighted by molar-refractivity contribution is 0.474. The van der Waals surface area contributed by atoms with Gasteiger partial charge in [0.2, 0.25) is 10.0 Å². The lowest BCUT2D eigenvalue weighted by Gasteiger charge is -2.37. The third-order valence-electron chi connectivity index (χ3n) is 5.39. The molecule has 2 aromatic carbocycles. The van der Waals surface area contributed by atoms with E-state index in [0.29, 0.717) is 11.4 Å². The zero-order valence-electron chi connectivity index (χ0n) is 19.5. The van der Waals surface area contributed by atoms with Gasteiger partial charge in [0.05, 0.1) is 21.4 Å². The Labute approximate surface area is 211 Å². The van der Waals surface area contributed by atoms with E-state index in [4.69, 9.17) is 39.8 Å². The molecule has 0 saturated carbocycles. The third-order valence-corrected chi connectivity index (χ3v) is 12.5. The van der Waals surface area contributed by atoms with Crippen molar-refractivity contribution in [2.75, 3.05) is 24.7 Å². The highest BCUT2D eigenvalue weighted by Crippen LogP contribution is 2.44. The molecule has 0 radical (unpaired) electrons. The first-order valence-electron chi connectivity index (χ1n) is 9.94. The van der Waals surface area contributed by atoms with Gasteiger partial charge in [-0.3, -0.25) is 0 Å². The highest BCUT2D eigenvalue weighted by Gasteiger charge is 2.41. The Balaban J connectivity index is 2.58. The second-order valence-electron chi connectivity index (χ2n) is 9.11. The van der Waals surface area contributed by atoms with Crippen LogP contribution < -0.4 is 15.1 Å². The molecule has 0 aliphatic heterocycles. The molecule has 12 heteroatoms. The van der Waals surface area contributed by atoms with Gasteiger partial charge in [-0.1, -0.05) is 44.0 Å². The summed E-state index contributed by atoms with van der Waals surface area (Å²) in [5.41, 5.74) is 0.706. The SMILES string of the molecule is CN(C)S(=O)(=O)c1c(Cl)ccc(NC(=S)Nc2ccc(F)cc2Cl)c1O[Si](C)(C)C(C)(C)C. The van der Waals surface area contributed by atoms with Crippen LogP contribution in [0.1, 0.15) is 20.8 Å².